The first kappa shape index (κ1) is 46.7. The predicted molar refractivity (Wildman–Crippen MR) is 239 cm³/mol. The maximum atomic E-state index is 14.6. The van der Waals surface area contributed by atoms with Crippen molar-refractivity contribution in [3.63, 3.8) is 0 Å². The SMILES string of the molecule is CC(C)c1nc(CN2CCN([C@H](C(=O)N[C@@H](Cc3ccccc3)C[C@H](O)[C@H](Cc3ccc(-c4ccccn4)cc3)NC(=O)[C@@H](N(C)C(=O)O)C(C)(C)C)C(C)(C)C)C2=O)cs1. The molecule has 13 nitrogen and oxygen atoms in total. The second-order valence-electron chi connectivity index (χ2n) is 18.6. The third-order valence-electron chi connectivity index (χ3n) is 11.0. The molecule has 5 rings (SSSR count). The zero-order chi connectivity index (χ0) is 44.6. The summed E-state index contributed by atoms with van der Waals surface area (Å²) in [5.41, 5.74) is 2.88. The molecule has 0 aliphatic carbocycles. The van der Waals surface area contributed by atoms with Crippen LogP contribution in [0.25, 0.3) is 11.3 Å². The third kappa shape index (κ3) is 12.4. The third-order valence-corrected chi connectivity index (χ3v) is 12.2. The lowest BCUT2D eigenvalue weighted by atomic mass is 9.84. The van der Waals surface area contributed by atoms with E-state index in [0.717, 1.165) is 38.0 Å². The molecule has 0 bridgehead atoms. The molecule has 1 fully saturated rings. The standard InChI is InChI=1S/C47H63N7O6S/c1-30(2)43-50-35(29-61-43)28-53-23-24-54(44(53)58)40(47(6,7)8)42(57)49-34(25-31-15-11-10-12-16-31)27-38(55)37(51-41(56)39(46(3,4)5)52(9)45(59)60)26-32-18-20-33(21-19-32)36-17-13-14-22-48-36/h10-22,29-30,34,37-40,55H,23-28H2,1-9H3,(H,49,57)(H,51,56)(H,59,60)/t34-,37-,38-,39+,40+/m0/s1. The number of nitrogens with zero attached hydrogens (tertiary/aromatic N) is 5. The van der Waals surface area contributed by atoms with Crippen LogP contribution < -0.4 is 10.6 Å². The summed E-state index contributed by atoms with van der Waals surface area (Å²) in [6, 6.07) is 19.4. The number of pyridine rings is 1. The number of urea groups is 1. The van der Waals surface area contributed by atoms with Crippen LogP contribution in [0.4, 0.5) is 9.59 Å². The molecule has 1 aliphatic rings. The molecule has 1 saturated heterocycles. The van der Waals surface area contributed by atoms with Gasteiger partial charge in [0, 0.05) is 49.2 Å². The molecule has 3 heterocycles. The van der Waals surface area contributed by atoms with Crippen molar-refractivity contribution in [1.82, 2.24) is 35.3 Å². The van der Waals surface area contributed by atoms with Gasteiger partial charge < -0.3 is 30.6 Å². The van der Waals surface area contributed by atoms with Crippen molar-refractivity contribution in [2.24, 2.45) is 10.8 Å². The number of thiazole rings is 1. The summed E-state index contributed by atoms with van der Waals surface area (Å²) in [6.07, 6.45) is -0.0763. The number of hydrogen-bond acceptors (Lipinski definition) is 8. The molecule has 5 amide bonds. The summed E-state index contributed by atoms with van der Waals surface area (Å²) in [5.74, 6) is -0.595. The van der Waals surface area contributed by atoms with E-state index in [1.807, 2.05) is 98.9 Å². The van der Waals surface area contributed by atoms with E-state index in [-0.39, 0.29) is 30.7 Å². The Morgan fingerprint density at radius 1 is 0.852 bits per heavy atom. The number of carboxylic acid groups (broad SMARTS) is 1. The van der Waals surface area contributed by atoms with Gasteiger partial charge in [0.2, 0.25) is 11.8 Å². The van der Waals surface area contributed by atoms with Crippen molar-refractivity contribution in [2.75, 3.05) is 20.1 Å². The number of benzene rings is 2. The molecular weight excluding hydrogens is 791 g/mol. The van der Waals surface area contributed by atoms with E-state index in [9.17, 15) is 29.4 Å². The van der Waals surface area contributed by atoms with E-state index < -0.39 is 53.1 Å². The van der Waals surface area contributed by atoms with Crippen molar-refractivity contribution in [3.8, 4) is 11.3 Å². The molecule has 0 saturated carbocycles. The van der Waals surface area contributed by atoms with E-state index in [0.29, 0.717) is 26.1 Å². The summed E-state index contributed by atoms with van der Waals surface area (Å²) in [6.45, 7) is 16.6. The Morgan fingerprint density at radius 2 is 1.51 bits per heavy atom. The van der Waals surface area contributed by atoms with E-state index in [2.05, 4.69) is 29.5 Å². The van der Waals surface area contributed by atoms with Crippen LogP contribution in [-0.2, 0) is 29.0 Å². The number of carbonyl (C=O) groups is 4. The average Bonchev–Trinajstić information content (AvgIpc) is 3.81. The van der Waals surface area contributed by atoms with E-state index >= 15 is 0 Å². The van der Waals surface area contributed by atoms with Crippen molar-refractivity contribution >= 4 is 35.3 Å². The molecule has 0 spiro atoms. The maximum absolute atomic E-state index is 14.6. The highest BCUT2D eigenvalue weighted by molar-refractivity contribution is 7.09. The second kappa shape index (κ2) is 20.0. The smallest absolute Gasteiger partial charge is 0.407 e. The van der Waals surface area contributed by atoms with Crippen LogP contribution >= 0.6 is 11.3 Å². The Kier molecular flexibility index (Phi) is 15.3. The zero-order valence-electron chi connectivity index (χ0n) is 37.0. The Morgan fingerprint density at radius 3 is 2.08 bits per heavy atom. The first-order valence-electron chi connectivity index (χ1n) is 21.0. The number of hydrogen-bond donors (Lipinski definition) is 4. The fraction of sp³-hybridized carbons (Fsp3) is 0.489. The summed E-state index contributed by atoms with van der Waals surface area (Å²) in [7, 11) is 1.36. The molecule has 0 radical (unpaired) electrons. The molecule has 14 heteroatoms. The van der Waals surface area contributed by atoms with E-state index in [1.54, 1.807) is 48.1 Å². The van der Waals surface area contributed by atoms with Gasteiger partial charge in [-0.15, -0.1) is 11.3 Å². The quantitative estimate of drug-likeness (QED) is 0.0865. The van der Waals surface area contributed by atoms with Crippen molar-refractivity contribution < 1.29 is 29.4 Å². The van der Waals surface area contributed by atoms with E-state index in [4.69, 9.17) is 4.98 Å². The lowest BCUT2D eigenvalue weighted by Crippen LogP contribution is -2.59. The minimum Gasteiger partial charge on any atom is -0.465 e. The number of amides is 5. The molecular formula is C47H63N7O6S. The summed E-state index contributed by atoms with van der Waals surface area (Å²) < 4.78 is 0. The van der Waals surface area contributed by atoms with Gasteiger partial charge in [0.15, 0.2) is 0 Å². The molecule has 1 aliphatic heterocycles. The number of nitrogens with one attached hydrogen (secondary N) is 2. The maximum Gasteiger partial charge on any atom is 0.407 e. The summed E-state index contributed by atoms with van der Waals surface area (Å²) >= 11 is 1.58. The first-order chi connectivity index (χ1) is 28.7. The van der Waals surface area contributed by atoms with Crippen molar-refractivity contribution in [1.29, 1.82) is 0 Å². The second-order valence-corrected chi connectivity index (χ2v) is 19.5. The van der Waals surface area contributed by atoms with Gasteiger partial charge in [-0.2, -0.15) is 0 Å². The molecule has 2 aromatic carbocycles. The number of aliphatic hydroxyl groups excluding tert-OH is 1. The lowest BCUT2D eigenvalue weighted by molar-refractivity contribution is -0.131. The number of carbonyl (C=O) groups excluding carboxylic acids is 3. The predicted octanol–water partition coefficient (Wildman–Crippen LogP) is 7.21. The minimum atomic E-state index is -1.25. The number of aromatic nitrogens is 2. The fourth-order valence-electron chi connectivity index (χ4n) is 8.08. The Bertz CT molecular complexity index is 2080. The topological polar surface area (TPSA) is 168 Å². The largest absolute Gasteiger partial charge is 0.465 e. The van der Waals surface area contributed by atoms with Crippen LogP contribution in [0.15, 0.2) is 84.4 Å². The van der Waals surface area contributed by atoms with Gasteiger partial charge in [-0.05, 0) is 53.4 Å². The first-order valence-corrected chi connectivity index (χ1v) is 21.9. The number of likely N-dealkylation sites (N-methyl/N-ethyl adjacent to an activating group) is 1. The van der Waals surface area contributed by atoms with Crippen LogP contribution in [-0.4, -0.2) is 109 Å². The number of aliphatic hydroxyl groups is 1. The minimum absolute atomic E-state index is 0.0471. The fourth-order valence-corrected chi connectivity index (χ4v) is 8.90. The van der Waals surface area contributed by atoms with Gasteiger partial charge in [-0.3, -0.25) is 19.5 Å². The molecule has 2 aromatic heterocycles. The normalized spacial score (nSPS) is 15.9. The Hall–Kier alpha value is -5.34. The summed E-state index contributed by atoms with van der Waals surface area (Å²) in [5, 5.41) is 31.4. The van der Waals surface area contributed by atoms with Gasteiger partial charge in [0.1, 0.15) is 12.1 Å². The molecule has 0 unspecified atom stereocenters. The van der Waals surface area contributed by atoms with Crippen LogP contribution in [0.3, 0.4) is 0 Å². The van der Waals surface area contributed by atoms with Crippen LogP contribution in [0.1, 0.15) is 89.6 Å². The average molecular weight is 854 g/mol. The Labute approximate surface area is 364 Å². The van der Waals surface area contributed by atoms with Crippen LogP contribution in [0.5, 0.6) is 0 Å². The van der Waals surface area contributed by atoms with Crippen LogP contribution in [0.2, 0.25) is 0 Å². The number of rotatable bonds is 17. The van der Waals surface area contributed by atoms with E-state index in [1.165, 1.54) is 7.05 Å². The lowest BCUT2D eigenvalue weighted by Gasteiger charge is -2.38. The molecule has 61 heavy (non-hydrogen) atoms. The highest BCUT2D eigenvalue weighted by Gasteiger charge is 2.44. The van der Waals surface area contributed by atoms with Gasteiger partial charge in [0.05, 0.1) is 35.1 Å². The van der Waals surface area contributed by atoms with Gasteiger partial charge in [0.25, 0.3) is 0 Å². The molecule has 328 valence electrons. The van der Waals surface area contributed by atoms with Crippen LogP contribution in [0, 0.1) is 10.8 Å². The van der Waals surface area contributed by atoms with Gasteiger partial charge in [-0.25, -0.2) is 14.6 Å². The summed E-state index contributed by atoms with van der Waals surface area (Å²) in [4.78, 5) is 68.5. The van der Waals surface area contributed by atoms with Gasteiger partial charge in [-0.1, -0.05) is 116 Å². The van der Waals surface area contributed by atoms with Crippen molar-refractivity contribution in [3.05, 3.63) is 106 Å². The Balaban J connectivity index is 1.42. The monoisotopic (exact) mass is 853 g/mol. The highest BCUT2D eigenvalue weighted by atomic mass is 32.1. The highest BCUT2D eigenvalue weighted by Crippen LogP contribution is 2.30. The zero-order valence-corrected chi connectivity index (χ0v) is 37.8. The van der Waals surface area contributed by atoms with Crippen molar-refractivity contribution in [2.45, 2.75) is 117 Å². The van der Waals surface area contributed by atoms with Gasteiger partial charge >= 0.3 is 12.1 Å². The molecule has 5 atom stereocenters. The molecule has 4 N–H and O–H groups in total. The molecule has 4 aromatic rings.